The van der Waals surface area contributed by atoms with Crippen molar-refractivity contribution in [1.29, 1.82) is 0 Å². The van der Waals surface area contributed by atoms with Crippen LogP contribution in [0.5, 0.6) is 0 Å². The molecule has 7 heteroatoms. The Morgan fingerprint density at radius 3 is 2.55 bits per heavy atom. The number of halogens is 2. The van der Waals surface area contributed by atoms with Crippen LogP contribution in [0, 0.1) is 6.92 Å². The average Bonchev–Trinajstić information content (AvgIpc) is 2.87. The zero-order chi connectivity index (χ0) is 16.3. The van der Waals surface area contributed by atoms with E-state index in [0.29, 0.717) is 15.9 Å². The van der Waals surface area contributed by atoms with E-state index in [1.165, 1.54) is 18.3 Å². The van der Waals surface area contributed by atoms with E-state index in [4.69, 9.17) is 28.3 Å². The lowest BCUT2D eigenvalue weighted by molar-refractivity contribution is 0.0697. The van der Waals surface area contributed by atoms with Crippen molar-refractivity contribution in [3.63, 3.8) is 0 Å². The van der Waals surface area contributed by atoms with Crippen molar-refractivity contribution in [3.05, 3.63) is 63.9 Å². The molecule has 1 aromatic carbocycles. The Bertz CT molecular complexity index is 786. The third-order valence-corrected chi connectivity index (χ3v) is 3.44. The van der Waals surface area contributed by atoms with Gasteiger partial charge in [-0.2, -0.15) is 4.73 Å². The minimum absolute atomic E-state index is 0.215. The second-order valence-corrected chi connectivity index (χ2v) is 5.31. The second-order valence-electron chi connectivity index (χ2n) is 4.46. The van der Waals surface area contributed by atoms with Gasteiger partial charge in [0.1, 0.15) is 0 Å². The van der Waals surface area contributed by atoms with Crippen molar-refractivity contribution in [2.75, 3.05) is 0 Å². The maximum absolute atomic E-state index is 10.3. The van der Waals surface area contributed by atoms with Crippen molar-refractivity contribution in [3.8, 4) is 11.4 Å². The number of aromatic nitrogens is 2. The largest absolute Gasteiger partial charge is 0.478 e. The van der Waals surface area contributed by atoms with E-state index in [1.807, 2.05) is 6.92 Å². The number of hydrogen-bond donors (Lipinski definition) is 2. The summed E-state index contributed by atoms with van der Waals surface area (Å²) in [5.74, 6) is -0.456. The van der Waals surface area contributed by atoms with Crippen LogP contribution in [-0.4, -0.2) is 26.0 Å². The molecular formula is C15H12Cl2N2O3. The van der Waals surface area contributed by atoms with Gasteiger partial charge in [-0.25, -0.2) is 9.78 Å². The number of hydrogen-bond acceptors (Lipinski definition) is 3. The van der Waals surface area contributed by atoms with Crippen molar-refractivity contribution in [2.45, 2.75) is 6.92 Å². The lowest BCUT2D eigenvalue weighted by atomic mass is 10.2. The van der Waals surface area contributed by atoms with Crippen LogP contribution in [0.4, 0.5) is 0 Å². The van der Waals surface area contributed by atoms with Crippen molar-refractivity contribution < 1.29 is 15.1 Å². The Hall–Kier alpha value is -2.24. The fourth-order valence-corrected chi connectivity index (χ4v) is 2.32. The topological polar surface area (TPSA) is 75.3 Å². The number of carbonyl (C=O) groups is 1. The number of aryl methyl sites for hydroxylation is 1. The van der Waals surface area contributed by atoms with Gasteiger partial charge >= 0.3 is 5.97 Å². The van der Waals surface area contributed by atoms with E-state index in [2.05, 4.69) is 4.98 Å². The summed E-state index contributed by atoms with van der Waals surface area (Å²) in [5.41, 5.74) is 1.99. The standard InChI is InChI=1S/C8H7ClN2O.C7H5ClO2/c1-5-4-10-8-7(5)6(9)2-3-11(8)12;8-6-3-1-2-5(4-6)7(9)10/h2-4,12H,1H3;1-4H,(H,9,10). The van der Waals surface area contributed by atoms with Gasteiger partial charge < -0.3 is 10.3 Å². The first-order valence-corrected chi connectivity index (χ1v) is 6.96. The summed E-state index contributed by atoms with van der Waals surface area (Å²) in [4.78, 5) is 14.3. The molecule has 0 spiro atoms. The molecular weight excluding hydrogens is 327 g/mol. The quantitative estimate of drug-likeness (QED) is 0.651. The zero-order valence-corrected chi connectivity index (χ0v) is 13.0. The number of pyridine rings is 1. The summed E-state index contributed by atoms with van der Waals surface area (Å²) < 4.78 is 0.966. The normalized spacial score (nSPS) is 10.1. The van der Waals surface area contributed by atoms with Gasteiger partial charge in [0.25, 0.3) is 0 Å². The van der Waals surface area contributed by atoms with Crippen LogP contribution in [0.3, 0.4) is 0 Å². The smallest absolute Gasteiger partial charge is 0.335 e. The van der Waals surface area contributed by atoms with Gasteiger partial charge in [-0.15, -0.1) is 0 Å². The molecule has 2 aliphatic heterocycles. The molecule has 3 rings (SSSR count). The number of aromatic carboxylic acids is 1. The molecule has 2 N–H and O–H groups in total. The molecule has 0 amide bonds. The Kier molecular flexibility index (Phi) is 4.90. The zero-order valence-electron chi connectivity index (χ0n) is 11.5. The summed E-state index contributed by atoms with van der Waals surface area (Å²) in [6.45, 7) is 1.90. The maximum Gasteiger partial charge on any atom is 0.335 e. The van der Waals surface area contributed by atoms with Gasteiger partial charge in [-0.05, 0) is 36.8 Å². The molecule has 2 aliphatic rings. The van der Waals surface area contributed by atoms with E-state index in [-0.39, 0.29) is 5.56 Å². The molecule has 0 saturated carbocycles. The molecule has 0 atom stereocenters. The Labute approximate surface area is 136 Å². The predicted octanol–water partition coefficient (Wildman–Crippen LogP) is 4.23. The fraction of sp³-hybridized carbons (Fsp3) is 0.0667. The first kappa shape index (κ1) is 16.1. The van der Waals surface area contributed by atoms with E-state index < -0.39 is 5.97 Å². The molecule has 0 aliphatic carbocycles. The third-order valence-electron chi connectivity index (χ3n) is 2.89. The summed E-state index contributed by atoms with van der Waals surface area (Å²) >= 11 is 11.4. The second kappa shape index (κ2) is 6.68. The molecule has 0 radical (unpaired) electrons. The van der Waals surface area contributed by atoms with Crippen LogP contribution in [0.15, 0.2) is 42.7 Å². The van der Waals surface area contributed by atoms with Crippen molar-refractivity contribution in [2.24, 2.45) is 0 Å². The number of carboxylic acids is 1. The SMILES string of the molecule is Cc1cnc2n(O)ccc(Cl)c1-2.O=C(O)c1cccc(Cl)c1. The molecule has 0 saturated heterocycles. The van der Waals surface area contributed by atoms with Crippen LogP contribution in [0.1, 0.15) is 15.9 Å². The van der Waals surface area contributed by atoms with Crippen LogP contribution in [-0.2, 0) is 0 Å². The first-order chi connectivity index (χ1) is 10.4. The van der Waals surface area contributed by atoms with Gasteiger partial charge in [-0.1, -0.05) is 29.3 Å². The van der Waals surface area contributed by atoms with Crippen LogP contribution >= 0.6 is 23.2 Å². The molecule has 2 heterocycles. The van der Waals surface area contributed by atoms with E-state index in [1.54, 1.807) is 24.4 Å². The Morgan fingerprint density at radius 1 is 1.27 bits per heavy atom. The molecule has 0 unspecified atom stereocenters. The lowest BCUT2D eigenvalue weighted by Crippen LogP contribution is -1.98. The number of benzene rings is 1. The van der Waals surface area contributed by atoms with Crippen molar-refractivity contribution >= 4 is 29.2 Å². The molecule has 22 heavy (non-hydrogen) atoms. The lowest BCUT2D eigenvalue weighted by Gasteiger charge is -2.05. The van der Waals surface area contributed by atoms with Gasteiger partial charge in [0.05, 0.1) is 10.6 Å². The molecule has 0 fully saturated rings. The number of nitrogens with zero attached hydrogens (tertiary/aromatic N) is 2. The van der Waals surface area contributed by atoms with E-state index >= 15 is 0 Å². The third kappa shape index (κ3) is 3.50. The molecule has 1 aromatic rings. The van der Waals surface area contributed by atoms with Crippen LogP contribution < -0.4 is 0 Å². The summed E-state index contributed by atoms with van der Waals surface area (Å²) in [5, 5.41) is 18.8. The maximum atomic E-state index is 10.3. The summed E-state index contributed by atoms with van der Waals surface area (Å²) in [6.07, 6.45) is 3.15. The highest BCUT2D eigenvalue weighted by molar-refractivity contribution is 6.33. The highest BCUT2D eigenvalue weighted by Gasteiger charge is 2.14. The van der Waals surface area contributed by atoms with Crippen molar-refractivity contribution in [1.82, 2.24) is 9.71 Å². The first-order valence-electron chi connectivity index (χ1n) is 6.20. The molecule has 0 bridgehead atoms. The van der Waals surface area contributed by atoms with Crippen LogP contribution in [0.2, 0.25) is 10.0 Å². The number of rotatable bonds is 1. The number of carboxylic acid groups (broad SMARTS) is 1. The number of fused-ring (bicyclic) bond motifs is 1. The predicted molar refractivity (Wildman–Crippen MR) is 84.2 cm³/mol. The van der Waals surface area contributed by atoms with E-state index in [9.17, 15) is 10.0 Å². The summed E-state index contributed by atoms with van der Waals surface area (Å²) in [7, 11) is 0. The molecule has 0 aromatic heterocycles. The molecule has 114 valence electrons. The van der Waals surface area contributed by atoms with Gasteiger partial charge in [-0.3, -0.25) is 0 Å². The fourth-order valence-electron chi connectivity index (χ4n) is 1.84. The highest BCUT2D eigenvalue weighted by Crippen LogP contribution is 2.31. The monoisotopic (exact) mass is 338 g/mol. The van der Waals surface area contributed by atoms with E-state index in [0.717, 1.165) is 15.9 Å². The Balaban J connectivity index is 0.000000164. The average molecular weight is 339 g/mol. The molecule has 5 nitrogen and oxygen atoms in total. The van der Waals surface area contributed by atoms with Gasteiger partial charge in [0.15, 0.2) is 5.82 Å². The highest BCUT2D eigenvalue weighted by atomic mass is 35.5. The minimum Gasteiger partial charge on any atom is -0.478 e. The minimum atomic E-state index is -0.956. The summed E-state index contributed by atoms with van der Waals surface area (Å²) in [6, 6.07) is 7.77. The van der Waals surface area contributed by atoms with Crippen LogP contribution in [0.25, 0.3) is 11.4 Å². The van der Waals surface area contributed by atoms with Gasteiger partial charge in [0.2, 0.25) is 0 Å². The van der Waals surface area contributed by atoms with Gasteiger partial charge in [0, 0.05) is 23.0 Å². The Morgan fingerprint density at radius 2 is 2.00 bits per heavy atom.